The number of anilines is 3. The molecule has 0 aliphatic rings. The Morgan fingerprint density at radius 2 is 1.70 bits per heavy atom. The van der Waals surface area contributed by atoms with Crippen molar-refractivity contribution in [1.29, 1.82) is 5.26 Å². The molecule has 102 valence electrons. The van der Waals surface area contributed by atoms with Crippen molar-refractivity contribution in [2.75, 3.05) is 24.3 Å². The molecule has 0 spiro atoms. The van der Waals surface area contributed by atoms with Crippen molar-refractivity contribution in [3.05, 3.63) is 53.6 Å². The summed E-state index contributed by atoms with van der Waals surface area (Å²) in [6.07, 6.45) is 0. The number of hydrogen-bond donors (Lipinski definition) is 1. The molecule has 0 amide bonds. The number of nitrogens with one attached hydrogen (secondary N) is 1. The second kappa shape index (κ2) is 5.57. The van der Waals surface area contributed by atoms with E-state index in [1.54, 1.807) is 18.2 Å². The van der Waals surface area contributed by atoms with Gasteiger partial charge < -0.3 is 10.2 Å². The van der Waals surface area contributed by atoms with Crippen LogP contribution < -0.4 is 10.2 Å². The zero-order valence-electron chi connectivity index (χ0n) is 11.1. The third-order valence-electron chi connectivity index (χ3n) is 2.86. The quantitative estimate of drug-likeness (QED) is 0.927. The Labute approximate surface area is 116 Å². The maximum absolute atomic E-state index is 13.9. The van der Waals surface area contributed by atoms with Crippen molar-refractivity contribution < 1.29 is 8.78 Å². The molecule has 0 unspecified atom stereocenters. The average molecular weight is 273 g/mol. The summed E-state index contributed by atoms with van der Waals surface area (Å²) >= 11 is 0. The molecule has 1 N–H and O–H groups in total. The van der Waals surface area contributed by atoms with E-state index in [1.165, 1.54) is 12.1 Å². The maximum atomic E-state index is 13.9. The van der Waals surface area contributed by atoms with Gasteiger partial charge in [-0.2, -0.15) is 5.26 Å². The van der Waals surface area contributed by atoms with E-state index < -0.39 is 11.6 Å². The molecule has 3 nitrogen and oxygen atoms in total. The molecule has 0 aliphatic carbocycles. The van der Waals surface area contributed by atoms with Crippen LogP contribution in [0.3, 0.4) is 0 Å². The number of benzene rings is 2. The van der Waals surface area contributed by atoms with Gasteiger partial charge in [-0.05, 0) is 24.3 Å². The summed E-state index contributed by atoms with van der Waals surface area (Å²) in [5.74, 6) is -2.20. The first kappa shape index (κ1) is 13.8. The second-order valence-electron chi connectivity index (χ2n) is 4.44. The topological polar surface area (TPSA) is 39.1 Å². The summed E-state index contributed by atoms with van der Waals surface area (Å²) in [5.41, 5.74) is 1.18. The standard InChI is InChI=1S/C15H13F2N3/c1-20(2)13-6-4-3-5-11(13)19-12-8-7-10(9-18)14(16)15(12)17/h3-8,19H,1-2H3. The van der Waals surface area contributed by atoms with Gasteiger partial charge in [0.05, 0.1) is 22.6 Å². The third-order valence-corrected chi connectivity index (χ3v) is 2.86. The molecular weight excluding hydrogens is 260 g/mol. The highest BCUT2D eigenvalue weighted by atomic mass is 19.2. The van der Waals surface area contributed by atoms with Crippen LogP contribution in [0.4, 0.5) is 25.8 Å². The number of nitriles is 1. The van der Waals surface area contributed by atoms with Crippen LogP contribution in [-0.2, 0) is 0 Å². The Morgan fingerprint density at radius 3 is 2.35 bits per heavy atom. The lowest BCUT2D eigenvalue weighted by molar-refractivity contribution is 0.509. The van der Waals surface area contributed by atoms with Crippen LogP contribution in [0.1, 0.15) is 5.56 Å². The Bertz CT molecular complexity index is 675. The molecule has 2 rings (SSSR count). The molecule has 0 aromatic heterocycles. The van der Waals surface area contributed by atoms with Gasteiger partial charge in [-0.1, -0.05) is 12.1 Å². The fourth-order valence-corrected chi connectivity index (χ4v) is 1.85. The first-order chi connectivity index (χ1) is 9.54. The van der Waals surface area contributed by atoms with Crippen LogP contribution in [0.15, 0.2) is 36.4 Å². The van der Waals surface area contributed by atoms with Gasteiger partial charge in [-0.15, -0.1) is 0 Å². The van der Waals surface area contributed by atoms with Crippen LogP contribution in [0.2, 0.25) is 0 Å². The van der Waals surface area contributed by atoms with Gasteiger partial charge in [0.25, 0.3) is 0 Å². The van der Waals surface area contributed by atoms with E-state index in [0.29, 0.717) is 5.69 Å². The van der Waals surface area contributed by atoms with Gasteiger partial charge in [0.2, 0.25) is 0 Å². The van der Waals surface area contributed by atoms with Crippen molar-refractivity contribution in [3.8, 4) is 6.07 Å². The number of para-hydroxylation sites is 2. The van der Waals surface area contributed by atoms with Crippen LogP contribution in [0, 0.1) is 23.0 Å². The maximum Gasteiger partial charge on any atom is 0.183 e. The van der Waals surface area contributed by atoms with Crippen molar-refractivity contribution >= 4 is 17.1 Å². The van der Waals surface area contributed by atoms with Gasteiger partial charge in [0.15, 0.2) is 11.6 Å². The number of nitrogens with zero attached hydrogens (tertiary/aromatic N) is 2. The van der Waals surface area contributed by atoms with Gasteiger partial charge >= 0.3 is 0 Å². The predicted octanol–water partition coefficient (Wildman–Crippen LogP) is 3.65. The van der Waals surface area contributed by atoms with E-state index in [0.717, 1.165) is 5.69 Å². The van der Waals surface area contributed by atoms with Gasteiger partial charge in [-0.25, -0.2) is 8.78 Å². The SMILES string of the molecule is CN(C)c1ccccc1Nc1ccc(C#N)c(F)c1F. The fourth-order valence-electron chi connectivity index (χ4n) is 1.85. The summed E-state index contributed by atoms with van der Waals surface area (Å²) in [5, 5.41) is 11.5. The predicted molar refractivity (Wildman–Crippen MR) is 75.1 cm³/mol. The second-order valence-corrected chi connectivity index (χ2v) is 4.44. The normalized spacial score (nSPS) is 9.95. The number of hydrogen-bond acceptors (Lipinski definition) is 3. The average Bonchev–Trinajstić information content (AvgIpc) is 2.44. The summed E-state index contributed by atoms with van der Waals surface area (Å²) in [6, 6.07) is 11.5. The first-order valence-electron chi connectivity index (χ1n) is 5.96. The minimum absolute atomic E-state index is 0.00389. The minimum Gasteiger partial charge on any atom is -0.376 e. The lowest BCUT2D eigenvalue weighted by atomic mass is 10.2. The molecule has 0 aliphatic heterocycles. The third kappa shape index (κ3) is 2.54. The Kier molecular flexibility index (Phi) is 3.85. The molecule has 0 fully saturated rings. The first-order valence-corrected chi connectivity index (χ1v) is 5.96. The van der Waals surface area contributed by atoms with Crippen LogP contribution in [-0.4, -0.2) is 14.1 Å². The van der Waals surface area contributed by atoms with E-state index in [2.05, 4.69) is 5.32 Å². The van der Waals surface area contributed by atoms with E-state index in [-0.39, 0.29) is 11.3 Å². The number of rotatable bonds is 3. The summed E-state index contributed by atoms with van der Waals surface area (Å²) in [6.45, 7) is 0. The number of halogens is 2. The van der Waals surface area contributed by atoms with Gasteiger partial charge in [-0.3, -0.25) is 0 Å². The van der Waals surface area contributed by atoms with Crippen LogP contribution >= 0.6 is 0 Å². The van der Waals surface area contributed by atoms with E-state index >= 15 is 0 Å². The zero-order valence-corrected chi connectivity index (χ0v) is 11.1. The molecule has 0 radical (unpaired) electrons. The Hall–Kier alpha value is -2.61. The zero-order chi connectivity index (χ0) is 14.7. The summed E-state index contributed by atoms with van der Waals surface area (Å²) in [4.78, 5) is 1.86. The molecule has 0 heterocycles. The molecule has 2 aromatic carbocycles. The lowest BCUT2D eigenvalue weighted by Crippen LogP contribution is -2.11. The Morgan fingerprint density at radius 1 is 1.00 bits per heavy atom. The van der Waals surface area contributed by atoms with Gasteiger partial charge in [0.1, 0.15) is 6.07 Å². The smallest absolute Gasteiger partial charge is 0.183 e. The van der Waals surface area contributed by atoms with E-state index in [1.807, 2.05) is 31.1 Å². The Balaban J connectivity index is 2.42. The highest BCUT2D eigenvalue weighted by Crippen LogP contribution is 2.29. The molecule has 5 heteroatoms. The molecule has 0 saturated carbocycles. The fraction of sp³-hybridized carbons (Fsp3) is 0.133. The molecule has 0 saturated heterocycles. The highest BCUT2D eigenvalue weighted by molar-refractivity contribution is 5.75. The molecule has 20 heavy (non-hydrogen) atoms. The summed E-state index contributed by atoms with van der Waals surface area (Å²) in [7, 11) is 3.71. The molecule has 0 atom stereocenters. The van der Waals surface area contributed by atoms with Crippen molar-refractivity contribution in [2.45, 2.75) is 0 Å². The molecule has 2 aromatic rings. The van der Waals surface area contributed by atoms with Crippen molar-refractivity contribution in [3.63, 3.8) is 0 Å². The minimum atomic E-state index is -1.14. The van der Waals surface area contributed by atoms with Crippen molar-refractivity contribution in [1.82, 2.24) is 0 Å². The molecule has 0 bridgehead atoms. The lowest BCUT2D eigenvalue weighted by Gasteiger charge is -2.18. The highest BCUT2D eigenvalue weighted by Gasteiger charge is 2.14. The van der Waals surface area contributed by atoms with Gasteiger partial charge in [0, 0.05) is 14.1 Å². The van der Waals surface area contributed by atoms with Crippen molar-refractivity contribution in [2.24, 2.45) is 0 Å². The largest absolute Gasteiger partial charge is 0.376 e. The monoisotopic (exact) mass is 273 g/mol. The van der Waals surface area contributed by atoms with E-state index in [4.69, 9.17) is 5.26 Å². The summed E-state index contributed by atoms with van der Waals surface area (Å²) < 4.78 is 27.4. The van der Waals surface area contributed by atoms with Crippen LogP contribution in [0.5, 0.6) is 0 Å². The van der Waals surface area contributed by atoms with Crippen LogP contribution in [0.25, 0.3) is 0 Å². The van der Waals surface area contributed by atoms with E-state index in [9.17, 15) is 8.78 Å². The molecular formula is C15H13F2N3.